The highest BCUT2D eigenvalue weighted by atomic mass is 16.5. The van der Waals surface area contributed by atoms with Crippen LogP contribution in [0.3, 0.4) is 0 Å². The van der Waals surface area contributed by atoms with Crippen LogP contribution in [0.4, 0.5) is 5.82 Å². The number of amides is 1. The standard InChI is InChI=1S/C25H28N4O4/c1-3-32-20-7-9-21(10-8-20)33-18-25(30)29-15-13-28(14-16-29)24-12-11-23(26-27-24)19-5-4-6-22(17-19)31-2/h4-12,17H,3,13-16,18H2,1-2H3. The smallest absolute Gasteiger partial charge is 0.260 e. The van der Waals surface area contributed by atoms with E-state index in [1.54, 1.807) is 7.11 Å². The molecule has 8 nitrogen and oxygen atoms in total. The average Bonchev–Trinajstić information content (AvgIpc) is 2.88. The molecule has 0 unspecified atom stereocenters. The van der Waals surface area contributed by atoms with Crippen molar-refractivity contribution in [3.63, 3.8) is 0 Å². The van der Waals surface area contributed by atoms with Crippen LogP contribution in [-0.2, 0) is 4.79 Å². The summed E-state index contributed by atoms with van der Waals surface area (Å²) in [7, 11) is 1.64. The minimum atomic E-state index is -0.0250. The number of carbonyl (C=O) groups excluding carboxylic acids is 1. The molecular formula is C25H28N4O4. The van der Waals surface area contributed by atoms with Gasteiger partial charge in [-0.15, -0.1) is 10.2 Å². The van der Waals surface area contributed by atoms with Crippen LogP contribution in [0, 0.1) is 0 Å². The Labute approximate surface area is 193 Å². The molecule has 4 rings (SSSR count). The second-order valence-electron chi connectivity index (χ2n) is 7.57. The van der Waals surface area contributed by atoms with Gasteiger partial charge in [-0.05, 0) is 55.5 Å². The van der Waals surface area contributed by atoms with Gasteiger partial charge in [-0.3, -0.25) is 4.79 Å². The Balaban J connectivity index is 1.27. The van der Waals surface area contributed by atoms with E-state index < -0.39 is 0 Å². The molecule has 172 valence electrons. The predicted molar refractivity (Wildman–Crippen MR) is 126 cm³/mol. The number of hydrogen-bond donors (Lipinski definition) is 0. The molecular weight excluding hydrogens is 420 g/mol. The number of rotatable bonds is 8. The Hall–Kier alpha value is -3.81. The molecule has 1 fully saturated rings. The Kier molecular flexibility index (Phi) is 7.24. The van der Waals surface area contributed by atoms with E-state index in [9.17, 15) is 4.79 Å². The maximum absolute atomic E-state index is 12.6. The number of ether oxygens (including phenoxy) is 3. The van der Waals surface area contributed by atoms with Crippen LogP contribution < -0.4 is 19.1 Å². The minimum absolute atomic E-state index is 0.0169. The van der Waals surface area contributed by atoms with Gasteiger partial charge >= 0.3 is 0 Å². The van der Waals surface area contributed by atoms with Crippen LogP contribution in [0.5, 0.6) is 17.2 Å². The summed E-state index contributed by atoms with van der Waals surface area (Å²) < 4.78 is 16.3. The lowest BCUT2D eigenvalue weighted by Gasteiger charge is -2.35. The number of hydrogen-bond acceptors (Lipinski definition) is 7. The lowest BCUT2D eigenvalue weighted by molar-refractivity contribution is -0.133. The Morgan fingerprint density at radius 2 is 1.61 bits per heavy atom. The third-order valence-corrected chi connectivity index (χ3v) is 5.47. The molecule has 0 radical (unpaired) electrons. The maximum atomic E-state index is 12.6. The minimum Gasteiger partial charge on any atom is -0.497 e. The summed E-state index contributed by atoms with van der Waals surface area (Å²) in [6, 6.07) is 19.0. The Morgan fingerprint density at radius 3 is 2.24 bits per heavy atom. The molecule has 0 N–H and O–H groups in total. The number of nitrogens with zero attached hydrogens (tertiary/aromatic N) is 4. The number of carbonyl (C=O) groups is 1. The summed E-state index contributed by atoms with van der Waals surface area (Å²) >= 11 is 0. The summed E-state index contributed by atoms with van der Waals surface area (Å²) in [5, 5.41) is 8.77. The van der Waals surface area contributed by atoms with Crippen molar-refractivity contribution in [1.82, 2.24) is 15.1 Å². The fourth-order valence-corrected chi connectivity index (χ4v) is 3.65. The van der Waals surface area contributed by atoms with E-state index in [-0.39, 0.29) is 12.5 Å². The van der Waals surface area contributed by atoms with Crippen LogP contribution in [0.15, 0.2) is 60.7 Å². The third-order valence-electron chi connectivity index (χ3n) is 5.47. The van der Waals surface area contributed by atoms with Crippen LogP contribution >= 0.6 is 0 Å². The maximum Gasteiger partial charge on any atom is 0.260 e. The molecule has 8 heteroatoms. The summed E-state index contributed by atoms with van der Waals surface area (Å²) in [6.07, 6.45) is 0. The lowest BCUT2D eigenvalue weighted by Crippen LogP contribution is -2.50. The number of piperazine rings is 1. The molecule has 1 aliphatic rings. The Morgan fingerprint density at radius 1 is 0.879 bits per heavy atom. The van der Waals surface area contributed by atoms with E-state index >= 15 is 0 Å². The molecule has 1 aromatic heterocycles. The lowest BCUT2D eigenvalue weighted by atomic mass is 10.1. The summed E-state index contributed by atoms with van der Waals surface area (Å²) in [6.45, 7) is 5.19. The molecule has 0 saturated carbocycles. The zero-order valence-corrected chi connectivity index (χ0v) is 18.9. The molecule has 1 amide bonds. The highest BCUT2D eigenvalue weighted by Gasteiger charge is 2.22. The van der Waals surface area contributed by atoms with Crippen molar-refractivity contribution in [3.8, 4) is 28.5 Å². The zero-order valence-electron chi connectivity index (χ0n) is 18.9. The summed E-state index contributed by atoms with van der Waals surface area (Å²) in [5.41, 5.74) is 1.74. The van der Waals surface area contributed by atoms with Crippen molar-refractivity contribution in [2.45, 2.75) is 6.92 Å². The molecule has 0 aliphatic carbocycles. The van der Waals surface area contributed by atoms with Gasteiger partial charge in [-0.2, -0.15) is 0 Å². The van der Waals surface area contributed by atoms with Crippen LogP contribution in [0.2, 0.25) is 0 Å². The number of aromatic nitrogens is 2. The third kappa shape index (κ3) is 5.71. The Bertz CT molecular complexity index is 1050. The topological polar surface area (TPSA) is 77.0 Å². The summed E-state index contributed by atoms with van der Waals surface area (Å²) in [5.74, 6) is 3.00. The molecule has 0 bridgehead atoms. The van der Waals surface area contributed by atoms with Crippen molar-refractivity contribution in [2.75, 3.05) is 51.4 Å². The van der Waals surface area contributed by atoms with Gasteiger partial charge in [0.25, 0.3) is 5.91 Å². The quantitative estimate of drug-likeness (QED) is 0.523. The first-order valence-electron chi connectivity index (χ1n) is 11.0. The molecule has 3 aromatic rings. The van der Waals surface area contributed by atoms with E-state index in [1.165, 1.54) is 0 Å². The van der Waals surface area contributed by atoms with Gasteiger partial charge in [0, 0.05) is 31.7 Å². The first-order valence-corrected chi connectivity index (χ1v) is 11.0. The largest absolute Gasteiger partial charge is 0.497 e. The number of anilines is 1. The van der Waals surface area contributed by atoms with Crippen molar-refractivity contribution in [1.29, 1.82) is 0 Å². The second kappa shape index (κ2) is 10.7. The highest BCUT2D eigenvalue weighted by Crippen LogP contribution is 2.23. The van der Waals surface area contributed by atoms with E-state index in [1.807, 2.05) is 72.5 Å². The van der Waals surface area contributed by atoms with E-state index in [0.29, 0.717) is 38.5 Å². The highest BCUT2D eigenvalue weighted by molar-refractivity contribution is 5.78. The van der Waals surface area contributed by atoms with Gasteiger partial charge in [-0.25, -0.2) is 0 Å². The second-order valence-corrected chi connectivity index (χ2v) is 7.57. The van der Waals surface area contributed by atoms with Crippen LogP contribution in [-0.4, -0.2) is 67.5 Å². The number of benzene rings is 2. The van der Waals surface area contributed by atoms with Crippen molar-refractivity contribution < 1.29 is 19.0 Å². The van der Waals surface area contributed by atoms with Gasteiger partial charge in [0.2, 0.25) is 0 Å². The van der Waals surface area contributed by atoms with Crippen molar-refractivity contribution >= 4 is 11.7 Å². The van der Waals surface area contributed by atoms with Gasteiger partial charge in [0.1, 0.15) is 17.2 Å². The van der Waals surface area contributed by atoms with Crippen LogP contribution in [0.1, 0.15) is 6.92 Å². The molecule has 1 aliphatic heterocycles. The van der Waals surface area contributed by atoms with Crippen molar-refractivity contribution in [3.05, 3.63) is 60.7 Å². The first-order chi connectivity index (χ1) is 16.2. The van der Waals surface area contributed by atoms with Gasteiger partial charge in [0.05, 0.1) is 19.4 Å². The van der Waals surface area contributed by atoms with E-state index in [2.05, 4.69) is 15.1 Å². The van der Waals surface area contributed by atoms with E-state index in [4.69, 9.17) is 14.2 Å². The van der Waals surface area contributed by atoms with Crippen molar-refractivity contribution in [2.24, 2.45) is 0 Å². The SMILES string of the molecule is CCOc1ccc(OCC(=O)N2CCN(c3ccc(-c4cccc(OC)c4)nn3)CC2)cc1. The van der Waals surface area contributed by atoms with E-state index in [0.717, 1.165) is 28.6 Å². The van der Waals surface area contributed by atoms with Gasteiger partial charge in [-0.1, -0.05) is 12.1 Å². The first kappa shape index (κ1) is 22.4. The fourth-order valence-electron chi connectivity index (χ4n) is 3.65. The van der Waals surface area contributed by atoms with Crippen LogP contribution in [0.25, 0.3) is 11.3 Å². The zero-order chi connectivity index (χ0) is 23.0. The monoisotopic (exact) mass is 448 g/mol. The molecule has 33 heavy (non-hydrogen) atoms. The molecule has 1 saturated heterocycles. The molecule has 0 atom stereocenters. The average molecular weight is 449 g/mol. The molecule has 0 spiro atoms. The molecule has 2 aromatic carbocycles. The van der Waals surface area contributed by atoms with Gasteiger partial charge < -0.3 is 24.0 Å². The normalized spacial score (nSPS) is 13.5. The summed E-state index contributed by atoms with van der Waals surface area (Å²) in [4.78, 5) is 16.5. The number of methoxy groups -OCH3 is 1. The van der Waals surface area contributed by atoms with Gasteiger partial charge in [0.15, 0.2) is 12.4 Å². The molecule has 2 heterocycles. The predicted octanol–water partition coefficient (Wildman–Crippen LogP) is 3.28. The fraction of sp³-hybridized carbons (Fsp3) is 0.320.